The van der Waals surface area contributed by atoms with E-state index in [1.54, 1.807) is 29.8 Å². The average Bonchev–Trinajstić information content (AvgIpc) is 3.38. The quantitative estimate of drug-likeness (QED) is 0.538. The van der Waals surface area contributed by atoms with Crippen molar-refractivity contribution < 1.29 is 19.1 Å². The van der Waals surface area contributed by atoms with E-state index in [0.29, 0.717) is 47.3 Å². The van der Waals surface area contributed by atoms with Gasteiger partial charge in [0.15, 0.2) is 11.5 Å². The zero-order chi connectivity index (χ0) is 24.1. The summed E-state index contributed by atoms with van der Waals surface area (Å²) in [5.74, 6) is 1.96. The van der Waals surface area contributed by atoms with Crippen molar-refractivity contribution in [2.45, 2.75) is 52.9 Å². The van der Waals surface area contributed by atoms with Gasteiger partial charge in [0.25, 0.3) is 0 Å². The fourth-order valence-electron chi connectivity index (χ4n) is 4.72. The number of rotatable bonds is 7. The van der Waals surface area contributed by atoms with E-state index >= 15 is 0 Å². The van der Waals surface area contributed by atoms with Crippen molar-refractivity contribution in [3.05, 3.63) is 48.2 Å². The summed E-state index contributed by atoms with van der Waals surface area (Å²) in [6, 6.07) is 10.9. The van der Waals surface area contributed by atoms with Crippen molar-refractivity contribution >= 4 is 23.2 Å². The average molecular weight is 465 g/mol. The maximum atomic E-state index is 12.5. The highest BCUT2D eigenvalue weighted by molar-refractivity contribution is 5.90. The van der Waals surface area contributed by atoms with Crippen LogP contribution in [0.4, 0.5) is 5.82 Å². The van der Waals surface area contributed by atoms with Crippen LogP contribution >= 0.6 is 0 Å². The predicted molar refractivity (Wildman–Crippen MR) is 129 cm³/mol. The van der Waals surface area contributed by atoms with E-state index in [9.17, 15) is 9.59 Å². The lowest BCUT2D eigenvalue weighted by molar-refractivity contribution is -0.119. The molecule has 2 aliphatic rings. The second-order valence-corrected chi connectivity index (χ2v) is 9.08. The van der Waals surface area contributed by atoms with Crippen molar-refractivity contribution in [1.29, 1.82) is 0 Å². The highest BCUT2D eigenvalue weighted by atomic mass is 16.5. The van der Waals surface area contributed by atoms with E-state index in [1.165, 1.54) is 0 Å². The standard InChI is InChI=1S/C24H26N4O4.C2H6/c1-16(29)9-17-3-2-4-19(10-17)32-23-6-5-21-25-20(13-28(21)27-23)26-22(30)11-18-7-8-24(12-18)14-31-15-24;1-2/h2-6,10,13,18H,7-9,11-12,14-15H2,1H3,(H,26,30);1-2H3. The number of benzene rings is 1. The zero-order valence-corrected chi connectivity index (χ0v) is 20.0. The predicted octanol–water partition coefficient (Wildman–Crippen LogP) is 4.82. The number of hydrogen-bond donors (Lipinski definition) is 1. The van der Waals surface area contributed by atoms with Gasteiger partial charge in [-0.25, -0.2) is 9.50 Å². The van der Waals surface area contributed by atoms with Crippen LogP contribution in [0.5, 0.6) is 11.6 Å². The number of ketones is 1. The number of aromatic nitrogens is 3. The van der Waals surface area contributed by atoms with Gasteiger partial charge in [0, 0.05) is 24.3 Å². The molecular weight excluding hydrogens is 432 g/mol. The molecule has 1 aliphatic carbocycles. The molecule has 1 spiro atoms. The minimum Gasteiger partial charge on any atom is -0.438 e. The first-order valence-electron chi connectivity index (χ1n) is 12.0. The zero-order valence-electron chi connectivity index (χ0n) is 20.0. The molecule has 0 bridgehead atoms. The van der Waals surface area contributed by atoms with Gasteiger partial charge < -0.3 is 14.8 Å². The van der Waals surface area contributed by atoms with Crippen LogP contribution in [0.3, 0.4) is 0 Å². The van der Waals surface area contributed by atoms with E-state index in [1.807, 2.05) is 38.1 Å². The lowest BCUT2D eigenvalue weighted by Gasteiger charge is -2.38. The molecule has 5 rings (SSSR count). The van der Waals surface area contributed by atoms with E-state index < -0.39 is 0 Å². The van der Waals surface area contributed by atoms with Crippen LogP contribution < -0.4 is 10.1 Å². The minimum absolute atomic E-state index is 0.0190. The summed E-state index contributed by atoms with van der Waals surface area (Å²) in [7, 11) is 0. The lowest BCUT2D eigenvalue weighted by Crippen LogP contribution is -2.40. The molecule has 3 heterocycles. The fourth-order valence-corrected chi connectivity index (χ4v) is 4.72. The van der Waals surface area contributed by atoms with Crippen LogP contribution in [0, 0.1) is 11.3 Å². The van der Waals surface area contributed by atoms with Crippen molar-refractivity contribution in [1.82, 2.24) is 14.6 Å². The molecule has 1 atom stereocenters. The number of carbonyl (C=O) groups excluding carboxylic acids is 2. The molecule has 180 valence electrons. The Balaban J connectivity index is 0.00000133. The van der Waals surface area contributed by atoms with E-state index in [-0.39, 0.29) is 11.7 Å². The van der Waals surface area contributed by atoms with Crippen LogP contribution in [0.2, 0.25) is 0 Å². The molecule has 8 heteroatoms. The van der Waals surface area contributed by atoms with Gasteiger partial charge in [-0.2, -0.15) is 0 Å². The van der Waals surface area contributed by atoms with Crippen molar-refractivity contribution in [2.75, 3.05) is 18.5 Å². The molecule has 3 aromatic rings. The number of amides is 1. The Hall–Kier alpha value is -3.26. The molecule has 1 aromatic carbocycles. The Morgan fingerprint density at radius 2 is 2.06 bits per heavy atom. The topological polar surface area (TPSA) is 94.8 Å². The molecule has 1 amide bonds. The maximum Gasteiger partial charge on any atom is 0.237 e. The summed E-state index contributed by atoms with van der Waals surface area (Å²) in [5.41, 5.74) is 1.84. The SMILES string of the molecule is CC.CC(=O)Cc1cccc(Oc2ccc3nc(NC(=O)CC4CCC5(COC5)C4)cn3n2)c1. The van der Waals surface area contributed by atoms with Crippen molar-refractivity contribution in [2.24, 2.45) is 11.3 Å². The molecule has 0 radical (unpaired) electrons. The van der Waals surface area contributed by atoms with Crippen LogP contribution in [0.25, 0.3) is 5.65 Å². The third kappa shape index (κ3) is 5.62. The van der Waals surface area contributed by atoms with Crippen LogP contribution in [-0.2, 0) is 20.7 Å². The Bertz CT molecular complexity index is 1170. The molecule has 1 saturated carbocycles. The second-order valence-electron chi connectivity index (χ2n) is 9.08. The smallest absolute Gasteiger partial charge is 0.237 e. The number of imidazole rings is 1. The Labute approximate surface area is 199 Å². The van der Waals surface area contributed by atoms with E-state index in [2.05, 4.69) is 15.4 Å². The van der Waals surface area contributed by atoms with Gasteiger partial charge >= 0.3 is 0 Å². The van der Waals surface area contributed by atoms with E-state index in [0.717, 1.165) is 38.0 Å². The monoisotopic (exact) mass is 464 g/mol. The van der Waals surface area contributed by atoms with Crippen molar-refractivity contribution in [3.8, 4) is 11.6 Å². The molecule has 1 N–H and O–H groups in total. The lowest BCUT2D eigenvalue weighted by atomic mass is 9.83. The number of hydrogen-bond acceptors (Lipinski definition) is 6. The number of ether oxygens (including phenoxy) is 2. The van der Waals surface area contributed by atoms with Gasteiger partial charge in [0.2, 0.25) is 11.8 Å². The highest BCUT2D eigenvalue weighted by Gasteiger charge is 2.45. The molecule has 1 unspecified atom stereocenters. The molecule has 2 aromatic heterocycles. The normalized spacial score (nSPS) is 18.1. The van der Waals surface area contributed by atoms with Gasteiger partial charge in [-0.3, -0.25) is 9.59 Å². The third-order valence-electron chi connectivity index (χ3n) is 6.23. The van der Waals surface area contributed by atoms with Gasteiger partial charge in [0.05, 0.1) is 19.4 Å². The molecule has 1 aliphatic heterocycles. The first-order chi connectivity index (χ1) is 16.5. The number of anilines is 1. The van der Waals surface area contributed by atoms with Gasteiger partial charge in [-0.05, 0) is 55.9 Å². The first-order valence-corrected chi connectivity index (χ1v) is 12.0. The van der Waals surface area contributed by atoms with Crippen LogP contribution in [0.15, 0.2) is 42.6 Å². The molecule has 2 fully saturated rings. The summed E-state index contributed by atoms with van der Waals surface area (Å²) in [5, 5.41) is 7.33. The van der Waals surface area contributed by atoms with Gasteiger partial charge in [-0.15, -0.1) is 5.10 Å². The fraction of sp³-hybridized carbons (Fsp3) is 0.462. The third-order valence-corrected chi connectivity index (χ3v) is 6.23. The second kappa shape index (κ2) is 10.3. The number of carbonyl (C=O) groups is 2. The summed E-state index contributed by atoms with van der Waals surface area (Å²) in [6.45, 7) is 7.25. The first kappa shape index (κ1) is 23.9. The Kier molecular flexibility index (Phi) is 7.26. The van der Waals surface area contributed by atoms with E-state index in [4.69, 9.17) is 9.47 Å². The van der Waals surface area contributed by atoms with Crippen LogP contribution in [-0.4, -0.2) is 39.5 Å². The molecule has 1 saturated heterocycles. The Morgan fingerprint density at radius 1 is 1.24 bits per heavy atom. The largest absolute Gasteiger partial charge is 0.438 e. The minimum atomic E-state index is -0.0190. The maximum absolute atomic E-state index is 12.5. The summed E-state index contributed by atoms with van der Waals surface area (Å²) < 4.78 is 12.8. The molecule has 34 heavy (non-hydrogen) atoms. The number of nitrogens with one attached hydrogen (secondary N) is 1. The highest BCUT2D eigenvalue weighted by Crippen LogP contribution is 2.47. The van der Waals surface area contributed by atoms with Gasteiger partial charge in [-0.1, -0.05) is 26.0 Å². The van der Waals surface area contributed by atoms with Crippen molar-refractivity contribution in [3.63, 3.8) is 0 Å². The molecular formula is C26H32N4O4. The Morgan fingerprint density at radius 3 is 2.76 bits per heavy atom. The number of Topliss-reactive ketones (excluding diaryl/α,β-unsaturated/α-hetero) is 1. The summed E-state index contributed by atoms with van der Waals surface area (Å²) in [6.07, 6.45) is 5.86. The van der Waals surface area contributed by atoms with Gasteiger partial charge in [0.1, 0.15) is 11.5 Å². The summed E-state index contributed by atoms with van der Waals surface area (Å²) >= 11 is 0. The molecule has 8 nitrogen and oxygen atoms in total. The van der Waals surface area contributed by atoms with Crippen LogP contribution in [0.1, 0.15) is 52.0 Å². The number of fused-ring (bicyclic) bond motifs is 1. The number of nitrogens with zero attached hydrogens (tertiary/aromatic N) is 3. The summed E-state index contributed by atoms with van der Waals surface area (Å²) in [4.78, 5) is 28.3.